The number of hydrogen-bond acceptors (Lipinski definition) is 4. The molecule has 5 heteroatoms. The predicted octanol–water partition coefficient (Wildman–Crippen LogP) is 1.85. The van der Waals surface area contributed by atoms with Gasteiger partial charge < -0.3 is 13.6 Å². The average Bonchev–Trinajstić information content (AvgIpc) is 2.30. The number of hydrogen-bond donors (Lipinski definition) is 0. The summed E-state index contributed by atoms with van der Waals surface area (Å²) in [6.45, 7) is 2.15. The first-order valence-electron chi connectivity index (χ1n) is 5.38. The fourth-order valence-corrected chi connectivity index (χ4v) is 2.21. The van der Waals surface area contributed by atoms with Crippen LogP contribution in [0, 0.1) is 0 Å². The Morgan fingerprint density at radius 3 is 2.31 bits per heavy atom. The summed E-state index contributed by atoms with van der Waals surface area (Å²) in [6, 6.07) is 7.15. The molecule has 0 saturated carbocycles. The summed E-state index contributed by atoms with van der Waals surface area (Å²) in [5.74, 6) is 0.356. The molecule has 1 aliphatic rings. The van der Waals surface area contributed by atoms with E-state index in [9.17, 15) is 8.76 Å². The topological polar surface area (TPSA) is 52.6 Å². The molecule has 1 aromatic rings. The molecule has 1 fully saturated rings. The smallest absolute Gasteiger partial charge is 0.139 e. The fraction of sp³-hybridized carbons (Fsp3) is 0.455. The Balaban J connectivity index is 2.03. The summed E-state index contributed by atoms with van der Waals surface area (Å²) in [5, 5.41) is 0. The van der Waals surface area contributed by atoms with Crippen LogP contribution in [0.2, 0.25) is 0 Å². The van der Waals surface area contributed by atoms with Crippen LogP contribution in [0.3, 0.4) is 0 Å². The minimum atomic E-state index is -2.49. The second-order valence-corrected chi connectivity index (χ2v) is 4.40. The Bertz CT molecular complexity index is 360. The van der Waals surface area contributed by atoms with Crippen LogP contribution in [-0.4, -0.2) is 21.9 Å². The molecular formula is C11H14NO3S-. The van der Waals surface area contributed by atoms with Crippen molar-refractivity contribution < 1.29 is 12.9 Å². The lowest BCUT2D eigenvalue weighted by molar-refractivity contribution is 0.440. The van der Waals surface area contributed by atoms with Crippen LogP contribution in [0.15, 0.2) is 24.3 Å². The van der Waals surface area contributed by atoms with Gasteiger partial charge >= 0.3 is 0 Å². The number of nitrogens with zero attached hydrogens (tertiary/aromatic N) is 1. The van der Waals surface area contributed by atoms with Crippen molar-refractivity contribution in [3.8, 4) is 5.75 Å². The number of anilines is 1. The van der Waals surface area contributed by atoms with Crippen molar-refractivity contribution in [2.75, 3.05) is 18.0 Å². The molecule has 0 aliphatic carbocycles. The Morgan fingerprint density at radius 1 is 1.12 bits per heavy atom. The third-order valence-corrected chi connectivity index (χ3v) is 3.05. The van der Waals surface area contributed by atoms with Gasteiger partial charge in [0.05, 0.1) is 0 Å². The largest absolute Gasteiger partial charge is 0.740 e. The van der Waals surface area contributed by atoms with Gasteiger partial charge in [-0.05, 0) is 43.5 Å². The monoisotopic (exact) mass is 240 g/mol. The lowest BCUT2D eigenvalue weighted by Gasteiger charge is -2.28. The fourth-order valence-electron chi connectivity index (χ4n) is 1.94. The van der Waals surface area contributed by atoms with Crippen molar-refractivity contribution in [3.05, 3.63) is 24.3 Å². The molecule has 1 heterocycles. The normalized spacial score (nSPS) is 18.2. The summed E-state index contributed by atoms with van der Waals surface area (Å²) in [6.07, 6.45) is 3.75. The maximum Gasteiger partial charge on any atom is 0.139 e. The summed E-state index contributed by atoms with van der Waals surface area (Å²) in [7, 11) is 0. The van der Waals surface area contributed by atoms with E-state index in [0.717, 1.165) is 18.8 Å². The van der Waals surface area contributed by atoms with E-state index in [-0.39, 0.29) is 0 Å². The molecule has 0 bridgehead atoms. The van der Waals surface area contributed by atoms with E-state index >= 15 is 0 Å². The molecule has 0 amide bonds. The zero-order valence-electron chi connectivity index (χ0n) is 8.93. The van der Waals surface area contributed by atoms with Crippen LogP contribution in [0.25, 0.3) is 0 Å². The highest BCUT2D eigenvalue weighted by atomic mass is 32.2. The first kappa shape index (κ1) is 11.4. The number of benzene rings is 1. The summed E-state index contributed by atoms with van der Waals surface area (Å²) in [5.41, 5.74) is 1.13. The molecule has 4 nitrogen and oxygen atoms in total. The number of piperidine rings is 1. The van der Waals surface area contributed by atoms with E-state index in [2.05, 4.69) is 9.08 Å². The lowest BCUT2D eigenvalue weighted by Crippen LogP contribution is -2.29. The van der Waals surface area contributed by atoms with Crippen LogP contribution in [-0.2, 0) is 11.4 Å². The Morgan fingerprint density at radius 2 is 1.75 bits per heavy atom. The van der Waals surface area contributed by atoms with E-state index in [1.165, 1.54) is 19.3 Å². The minimum absolute atomic E-state index is 0.356. The molecule has 88 valence electrons. The van der Waals surface area contributed by atoms with Crippen LogP contribution >= 0.6 is 0 Å². The van der Waals surface area contributed by atoms with Gasteiger partial charge in [0, 0.05) is 18.8 Å². The zero-order chi connectivity index (χ0) is 11.4. The molecular weight excluding hydrogens is 226 g/mol. The second kappa shape index (κ2) is 5.32. The predicted molar refractivity (Wildman–Crippen MR) is 62.1 cm³/mol. The molecule has 1 unspecified atom stereocenters. The molecule has 16 heavy (non-hydrogen) atoms. The van der Waals surface area contributed by atoms with Gasteiger partial charge in [-0.15, -0.1) is 0 Å². The van der Waals surface area contributed by atoms with Crippen molar-refractivity contribution in [1.29, 1.82) is 0 Å². The highest BCUT2D eigenvalue weighted by Crippen LogP contribution is 2.22. The van der Waals surface area contributed by atoms with E-state index < -0.39 is 11.4 Å². The summed E-state index contributed by atoms with van der Waals surface area (Å²) >= 11 is -2.49. The molecule has 1 aromatic carbocycles. The first-order valence-corrected chi connectivity index (χ1v) is 6.38. The molecule has 1 atom stereocenters. The van der Waals surface area contributed by atoms with Gasteiger partial charge in [-0.25, -0.2) is 4.21 Å². The molecule has 1 aliphatic heterocycles. The van der Waals surface area contributed by atoms with Crippen molar-refractivity contribution in [2.45, 2.75) is 19.3 Å². The van der Waals surface area contributed by atoms with Gasteiger partial charge in [-0.1, -0.05) is 0 Å². The van der Waals surface area contributed by atoms with E-state index in [1.807, 2.05) is 12.1 Å². The summed E-state index contributed by atoms with van der Waals surface area (Å²) < 4.78 is 25.2. The Labute approximate surface area is 97.7 Å². The standard InChI is InChI=1S/C11H15NO3S/c13-16(14)15-11-6-4-10(5-7-11)12-8-2-1-3-9-12/h4-7H,1-3,8-9H2,(H,13,14)/p-1. The van der Waals surface area contributed by atoms with Crippen LogP contribution < -0.4 is 9.08 Å². The first-order chi connectivity index (χ1) is 7.75. The van der Waals surface area contributed by atoms with E-state index in [1.54, 1.807) is 12.1 Å². The third-order valence-electron chi connectivity index (χ3n) is 2.72. The van der Waals surface area contributed by atoms with Crippen molar-refractivity contribution in [2.24, 2.45) is 0 Å². The maximum absolute atomic E-state index is 10.3. The molecule has 0 N–H and O–H groups in total. The van der Waals surface area contributed by atoms with E-state index in [4.69, 9.17) is 0 Å². The van der Waals surface area contributed by atoms with Crippen molar-refractivity contribution in [3.63, 3.8) is 0 Å². The van der Waals surface area contributed by atoms with Crippen LogP contribution in [0.5, 0.6) is 5.75 Å². The van der Waals surface area contributed by atoms with Gasteiger partial charge in [0.2, 0.25) is 0 Å². The molecule has 0 aromatic heterocycles. The van der Waals surface area contributed by atoms with Crippen molar-refractivity contribution in [1.82, 2.24) is 0 Å². The minimum Gasteiger partial charge on any atom is -0.740 e. The molecule has 0 radical (unpaired) electrons. The highest BCUT2D eigenvalue weighted by molar-refractivity contribution is 7.74. The van der Waals surface area contributed by atoms with Gasteiger partial charge in [0.25, 0.3) is 0 Å². The quantitative estimate of drug-likeness (QED) is 0.757. The zero-order valence-corrected chi connectivity index (χ0v) is 9.74. The van der Waals surface area contributed by atoms with Gasteiger partial charge in [-0.2, -0.15) is 0 Å². The van der Waals surface area contributed by atoms with Gasteiger partial charge in [0.15, 0.2) is 0 Å². The molecule has 0 spiro atoms. The van der Waals surface area contributed by atoms with Crippen molar-refractivity contribution >= 4 is 17.0 Å². The summed E-state index contributed by atoms with van der Waals surface area (Å²) in [4.78, 5) is 2.31. The SMILES string of the molecule is O=S([O-])Oc1ccc(N2CCCCC2)cc1. The molecule has 2 rings (SSSR count). The van der Waals surface area contributed by atoms with Crippen LogP contribution in [0.4, 0.5) is 5.69 Å². The maximum atomic E-state index is 10.3. The second-order valence-electron chi connectivity index (χ2n) is 3.83. The number of rotatable bonds is 3. The highest BCUT2D eigenvalue weighted by Gasteiger charge is 2.10. The third kappa shape index (κ3) is 2.96. The van der Waals surface area contributed by atoms with E-state index in [0.29, 0.717) is 5.75 Å². The Hall–Kier alpha value is -1.07. The van der Waals surface area contributed by atoms with Crippen LogP contribution in [0.1, 0.15) is 19.3 Å². The molecule has 1 saturated heterocycles. The lowest BCUT2D eigenvalue weighted by atomic mass is 10.1. The van der Waals surface area contributed by atoms with Gasteiger partial charge in [-0.3, -0.25) is 0 Å². The Kier molecular flexibility index (Phi) is 3.79. The van der Waals surface area contributed by atoms with Gasteiger partial charge in [0.1, 0.15) is 17.1 Å². The average molecular weight is 240 g/mol.